The molecule has 1 aromatic carbocycles. The molecule has 126 valence electrons. The van der Waals surface area contributed by atoms with Gasteiger partial charge in [-0.1, -0.05) is 12.1 Å². The average molecular weight is 347 g/mol. The molecule has 0 bridgehead atoms. The zero-order valence-electron chi connectivity index (χ0n) is 13.0. The molecule has 1 aromatic heterocycles. The van der Waals surface area contributed by atoms with Crippen LogP contribution in [0.2, 0.25) is 0 Å². The van der Waals surface area contributed by atoms with Gasteiger partial charge >= 0.3 is 5.97 Å². The van der Waals surface area contributed by atoms with Gasteiger partial charge in [0.2, 0.25) is 5.91 Å². The second-order valence-electron chi connectivity index (χ2n) is 5.55. The van der Waals surface area contributed by atoms with Crippen LogP contribution in [0.3, 0.4) is 0 Å². The number of amides is 2. The average Bonchev–Trinajstić information content (AvgIpc) is 3.03. The van der Waals surface area contributed by atoms with Crippen molar-refractivity contribution in [3.8, 4) is 0 Å². The Morgan fingerprint density at radius 2 is 1.71 bits per heavy atom. The maximum Gasteiger partial charge on any atom is 0.303 e. The Hall–Kier alpha value is -2.48. The first-order valence-electron chi connectivity index (χ1n) is 7.69. The van der Waals surface area contributed by atoms with Crippen molar-refractivity contribution in [3.05, 3.63) is 29.3 Å². The molecule has 8 heteroatoms. The van der Waals surface area contributed by atoms with Crippen molar-refractivity contribution in [2.75, 3.05) is 26.2 Å². The predicted molar refractivity (Wildman–Crippen MR) is 89.0 cm³/mol. The number of rotatable bonds is 4. The molecular formula is C16H17N3O4S. The minimum atomic E-state index is -0.979. The maximum absolute atomic E-state index is 12.6. The summed E-state index contributed by atoms with van der Waals surface area (Å²) >= 11 is 1.37. The molecule has 0 saturated carbocycles. The van der Waals surface area contributed by atoms with Crippen molar-refractivity contribution in [1.29, 1.82) is 0 Å². The smallest absolute Gasteiger partial charge is 0.303 e. The number of piperazine rings is 1. The van der Waals surface area contributed by atoms with Crippen LogP contribution >= 0.6 is 11.3 Å². The van der Waals surface area contributed by atoms with Crippen LogP contribution < -0.4 is 0 Å². The Bertz CT molecular complexity index is 747. The van der Waals surface area contributed by atoms with Gasteiger partial charge in [0.25, 0.3) is 5.91 Å². The third-order valence-electron chi connectivity index (χ3n) is 3.95. The first-order valence-corrected chi connectivity index (χ1v) is 8.50. The normalized spacial score (nSPS) is 14.8. The molecule has 1 N–H and O–H groups in total. The number of aliphatic carboxylic acids is 1. The van der Waals surface area contributed by atoms with E-state index in [9.17, 15) is 14.4 Å². The molecule has 2 amide bonds. The van der Waals surface area contributed by atoms with Crippen LogP contribution in [-0.4, -0.2) is 63.9 Å². The molecule has 1 fully saturated rings. The molecule has 1 aliphatic rings. The summed E-state index contributed by atoms with van der Waals surface area (Å²) in [5.41, 5.74) is 0.813. The fraction of sp³-hybridized carbons (Fsp3) is 0.375. The fourth-order valence-corrected chi connectivity index (χ4v) is 3.56. The Morgan fingerprint density at radius 1 is 1.04 bits per heavy atom. The van der Waals surface area contributed by atoms with Gasteiger partial charge in [-0.25, -0.2) is 4.98 Å². The van der Waals surface area contributed by atoms with Crippen LogP contribution in [0.5, 0.6) is 0 Å². The highest BCUT2D eigenvalue weighted by Crippen LogP contribution is 2.23. The number of fused-ring (bicyclic) bond motifs is 1. The molecule has 0 radical (unpaired) electrons. The van der Waals surface area contributed by atoms with Gasteiger partial charge in [0, 0.05) is 32.6 Å². The van der Waals surface area contributed by atoms with Gasteiger partial charge in [0.1, 0.15) is 0 Å². The van der Waals surface area contributed by atoms with Crippen LogP contribution in [0.15, 0.2) is 24.3 Å². The van der Waals surface area contributed by atoms with E-state index in [1.807, 2.05) is 24.3 Å². The van der Waals surface area contributed by atoms with Crippen molar-refractivity contribution < 1.29 is 19.5 Å². The van der Waals surface area contributed by atoms with Gasteiger partial charge in [-0.15, -0.1) is 11.3 Å². The Kier molecular flexibility index (Phi) is 4.75. The van der Waals surface area contributed by atoms with Crippen LogP contribution in [0.25, 0.3) is 10.2 Å². The van der Waals surface area contributed by atoms with Crippen molar-refractivity contribution >= 4 is 39.3 Å². The van der Waals surface area contributed by atoms with Gasteiger partial charge in [0.05, 0.1) is 16.6 Å². The third kappa shape index (κ3) is 3.53. The van der Waals surface area contributed by atoms with E-state index in [0.717, 1.165) is 10.2 Å². The summed E-state index contributed by atoms with van der Waals surface area (Å²) in [5.74, 6) is -1.27. The highest BCUT2D eigenvalue weighted by molar-refractivity contribution is 7.20. The first kappa shape index (κ1) is 16.4. The fourth-order valence-electron chi connectivity index (χ4n) is 2.63. The van der Waals surface area contributed by atoms with E-state index < -0.39 is 5.97 Å². The summed E-state index contributed by atoms with van der Waals surface area (Å²) < 4.78 is 0.975. The minimum Gasteiger partial charge on any atom is -0.481 e. The predicted octanol–water partition coefficient (Wildman–Crippen LogP) is 1.45. The van der Waals surface area contributed by atoms with Crippen LogP contribution in [-0.2, 0) is 9.59 Å². The number of thiazole rings is 1. The Balaban J connectivity index is 1.59. The summed E-state index contributed by atoms with van der Waals surface area (Å²) in [6.07, 6.45) is -0.162. The Labute approximate surface area is 142 Å². The largest absolute Gasteiger partial charge is 0.481 e. The van der Waals surface area contributed by atoms with Gasteiger partial charge in [0.15, 0.2) is 5.01 Å². The molecule has 2 heterocycles. The number of carbonyl (C=O) groups excluding carboxylic acids is 2. The zero-order chi connectivity index (χ0) is 17.1. The molecule has 7 nitrogen and oxygen atoms in total. The summed E-state index contributed by atoms with van der Waals surface area (Å²) in [4.78, 5) is 42.7. The molecule has 3 rings (SSSR count). The molecule has 0 atom stereocenters. The van der Waals surface area contributed by atoms with Crippen LogP contribution in [0.1, 0.15) is 22.6 Å². The topological polar surface area (TPSA) is 90.8 Å². The van der Waals surface area contributed by atoms with E-state index in [4.69, 9.17) is 5.11 Å². The number of carboxylic acid groups (broad SMARTS) is 1. The molecule has 0 aliphatic carbocycles. The number of carboxylic acids is 1. The minimum absolute atomic E-state index is 0.00114. The standard InChI is InChI=1S/C16H17N3O4S/c20-13(5-6-14(21)22)18-7-9-19(10-8-18)16(23)15-17-11-3-1-2-4-12(11)24-15/h1-4H,5-10H2,(H,21,22). The zero-order valence-corrected chi connectivity index (χ0v) is 13.8. The SMILES string of the molecule is O=C(O)CCC(=O)N1CCN(C(=O)c2nc3ccccc3s2)CC1. The monoisotopic (exact) mass is 347 g/mol. The van der Waals surface area contributed by atoms with Crippen molar-refractivity contribution in [3.63, 3.8) is 0 Å². The summed E-state index contributed by atoms with van der Waals surface area (Å²) in [6.45, 7) is 1.73. The summed E-state index contributed by atoms with van der Waals surface area (Å²) in [6, 6.07) is 7.61. The highest BCUT2D eigenvalue weighted by atomic mass is 32.1. The van der Waals surface area contributed by atoms with E-state index in [1.165, 1.54) is 11.3 Å². The highest BCUT2D eigenvalue weighted by Gasteiger charge is 2.26. The van der Waals surface area contributed by atoms with E-state index in [0.29, 0.717) is 31.2 Å². The van der Waals surface area contributed by atoms with Crippen LogP contribution in [0, 0.1) is 0 Å². The number of aromatic nitrogens is 1. The molecule has 24 heavy (non-hydrogen) atoms. The molecular weight excluding hydrogens is 330 g/mol. The lowest BCUT2D eigenvalue weighted by atomic mass is 10.2. The number of benzene rings is 1. The van der Waals surface area contributed by atoms with E-state index >= 15 is 0 Å². The lowest BCUT2D eigenvalue weighted by Gasteiger charge is -2.34. The van der Waals surface area contributed by atoms with E-state index in [-0.39, 0.29) is 24.7 Å². The van der Waals surface area contributed by atoms with E-state index in [1.54, 1.807) is 9.80 Å². The van der Waals surface area contributed by atoms with Crippen molar-refractivity contribution in [2.24, 2.45) is 0 Å². The number of carbonyl (C=O) groups is 3. The molecule has 0 unspecified atom stereocenters. The molecule has 0 spiro atoms. The maximum atomic E-state index is 12.6. The second-order valence-corrected chi connectivity index (χ2v) is 6.58. The van der Waals surface area contributed by atoms with Gasteiger partial charge in [-0.05, 0) is 12.1 Å². The van der Waals surface area contributed by atoms with Gasteiger partial charge in [-0.2, -0.15) is 0 Å². The van der Waals surface area contributed by atoms with Gasteiger partial charge < -0.3 is 14.9 Å². The molecule has 1 saturated heterocycles. The van der Waals surface area contributed by atoms with Crippen molar-refractivity contribution in [2.45, 2.75) is 12.8 Å². The van der Waals surface area contributed by atoms with E-state index in [2.05, 4.69) is 4.98 Å². The third-order valence-corrected chi connectivity index (χ3v) is 4.97. The lowest BCUT2D eigenvalue weighted by molar-refractivity contribution is -0.141. The second kappa shape index (κ2) is 6.96. The number of para-hydroxylation sites is 1. The van der Waals surface area contributed by atoms with Gasteiger partial charge in [-0.3, -0.25) is 14.4 Å². The number of nitrogens with zero attached hydrogens (tertiary/aromatic N) is 3. The molecule has 1 aliphatic heterocycles. The summed E-state index contributed by atoms with van der Waals surface area (Å²) in [5, 5.41) is 9.09. The number of hydrogen-bond acceptors (Lipinski definition) is 5. The Morgan fingerprint density at radius 3 is 2.38 bits per heavy atom. The first-order chi connectivity index (χ1) is 11.5. The lowest BCUT2D eigenvalue weighted by Crippen LogP contribution is -2.50. The number of hydrogen-bond donors (Lipinski definition) is 1. The summed E-state index contributed by atoms with van der Waals surface area (Å²) in [7, 11) is 0. The van der Waals surface area contributed by atoms with Crippen molar-refractivity contribution in [1.82, 2.24) is 14.8 Å². The van der Waals surface area contributed by atoms with Crippen LogP contribution in [0.4, 0.5) is 0 Å². The molecule has 2 aromatic rings. The quantitative estimate of drug-likeness (QED) is 0.904.